The SMILES string of the molecule is C=C(CCC)c1cc(C)cc2c1nc(N1CCCCC1)n1cc(C(F)(F)F)nc21. The summed E-state index contributed by atoms with van der Waals surface area (Å²) in [4.78, 5) is 11.0. The number of allylic oxidation sites excluding steroid dienone is 1. The van der Waals surface area contributed by atoms with Crippen molar-refractivity contribution in [2.45, 2.75) is 52.1 Å². The average Bonchev–Trinajstić information content (AvgIpc) is 3.14. The fourth-order valence-electron chi connectivity index (χ4n) is 4.11. The standard InChI is InChI=1S/C22H25F3N4/c1-4-8-15(3)16-11-14(2)12-17-19(16)27-21(28-9-6-5-7-10-28)29-13-18(22(23,24)25)26-20(17)29/h11-13H,3-10H2,1-2H3. The van der Waals surface area contributed by atoms with Crippen LogP contribution < -0.4 is 4.90 Å². The van der Waals surface area contributed by atoms with Crippen molar-refractivity contribution in [3.05, 3.63) is 41.7 Å². The van der Waals surface area contributed by atoms with Gasteiger partial charge in [0.1, 0.15) is 5.65 Å². The Balaban J connectivity index is 2.05. The molecule has 0 amide bonds. The van der Waals surface area contributed by atoms with Crippen molar-refractivity contribution >= 4 is 28.1 Å². The van der Waals surface area contributed by atoms with Crippen molar-refractivity contribution in [3.8, 4) is 0 Å². The van der Waals surface area contributed by atoms with E-state index in [0.717, 1.165) is 68.1 Å². The molecular weight excluding hydrogens is 377 g/mol. The van der Waals surface area contributed by atoms with Gasteiger partial charge in [0.2, 0.25) is 5.95 Å². The molecule has 4 rings (SSSR count). The Morgan fingerprint density at radius 1 is 1.14 bits per heavy atom. The molecule has 0 bridgehead atoms. The van der Waals surface area contributed by atoms with E-state index in [1.165, 1.54) is 4.40 Å². The van der Waals surface area contributed by atoms with E-state index in [1.54, 1.807) is 0 Å². The van der Waals surface area contributed by atoms with E-state index in [1.807, 2.05) is 19.1 Å². The monoisotopic (exact) mass is 402 g/mol. The molecule has 0 N–H and O–H groups in total. The molecular formula is C22H25F3N4. The molecule has 154 valence electrons. The van der Waals surface area contributed by atoms with Crippen molar-refractivity contribution in [2.75, 3.05) is 18.0 Å². The number of rotatable bonds is 4. The molecule has 1 fully saturated rings. The third kappa shape index (κ3) is 3.58. The van der Waals surface area contributed by atoms with Crippen LogP contribution in [-0.4, -0.2) is 27.5 Å². The lowest BCUT2D eigenvalue weighted by atomic mass is 9.98. The number of imidazole rings is 1. The molecule has 1 aromatic carbocycles. The van der Waals surface area contributed by atoms with Gasteiger partial charge in [0.15, 0.2) is 5.69 Å². The van der Waals surface area contributed by atoms with Crippen LogP contribution in [0.4, 0.5) is 19.1 Å². The molecule has 0 radical (unpaired) electrons. The molecule has 29 heavy (non-hydrogen) atoms. The fraction of sp³-hybridized carbons (Fsp3) is 0.455. The Morgan fingerprint density at radius 2 is 1.86 bits per heavy atom. The van der Waals surface area contributed by atoms with Crippen LogP contribution in [0.5, 0.6) is 0 Å². The van der Waals surface area contributed by atoms with Gasteiger partial charge in [-0.2, -0.15) is 13.2 Å². The summed E-state index contributed by atoms with van der Waals surface area (Å²) in [6, 6.07) is 3.89. The third-order valence-electron chi connectivity index (χ3n) is 5.49. The van der Waals surface area contributed by atoms with Gasteiger partial charge in [0, 0.05) is 30.2 Å². The van der Waals surface area contributed by atoms with Gasteiger partial charge < -0.3 is 4.90 Å². The summed E-state index contributed by atoms with van der Waals surface area (Å²) in [6.07, 6.45) is 1.47. The highest BCUT2D eigenvalue weighted by atomic mass is 19.4. The third-order valence-corrected chi connectivity index (χ3v) is 5.49. The summed E-state index contributed by atoms with van der Waals surface area (Å²) in [5.41, 5.74) is 2.90. The molecule has 1 aliphatic rings. The minimum Gasteiger partial charge on any atom is -0.342 e. The van der Waals surface area contributed by atoms with Gasteiger partial charge in [-0.05, 0) is 55.9 Å². The fourth-order valence-corrected chi connectivity index (χ4v) is 4.11. The van der Waals surface area contributed by atoms with Crippen LogP contribution in [0.1, 0.15) is 55.8 Å². The van der Waals surface area contributed by atoms with Crippen LogP contribution in [0.2, 0.25) is 0 Å². The number of aromatic nitrogens is 3. The van der Waals surface area contributed by atoms with Gasteiger partial charge in [0.05, 0.1) is 5.52 Å². The van der Waals surface area contributed by atoms with E-state index < -0.39 is 11.9 Å². The summed E-state index contributed by atoms with van der Waals surface area (Å²) in [6.45, 7) is 9.79. The molecule has 0 aliphatic carbocycles. The predicted octanol–water partition coefficient (Wildman–Crippen LogP) is 6.01. The maximum absolute atomic E-state index is 13.5. The average molecular weight is 402 g/mol. The molecule has 1 aliphatic heterocycles. The number of nitrogens with zero attached hydrogens (tertiary/aromatic N) is 4. The Morgan fingerprint density at radius 3 is 2.52 bits per heavy atom. The zero-order valence-corrected chi connectivity index (χ0v) is 16.8. The van der Waals surface area contributed by atoms with E-state index in [0.29, 0.717) is 22.5 Å². The first-order valence-electron chi connectivity index (χ1n) is 10.1. The summed E-state index contributed by atoms with van der Waals surface area (Å²) in [5, 5.41) is 0.633. The van der Waals surface area contributed by atoms with E-state index >= 15 is 0 Å². The number of hydrogen-bond acceptors (Lipinski definition) is 3. The summed E-state index contributed by atoms with van der Waals surface area (Å²) in [7, 11) is 0. The highest BCUT2D eigenvalue weighted by molar-refractivity contribution is 5.99. The molecule has 3 aromatic rings. The van der Waals surface area contributed by atoms with E-state index in [2.05, 4.69) is 23.4 Å². The van der Waals surface area contributed by atoms with Gasteiger partial charge in [0.25, 0.3) is 0 Å². The number of alkyl halides is 3. The van der Waals surface area contributed by atoms with Crippen LogP contribution >= 0.6 is 0 Å². The van der Waals surface area contributed by atoms with Crippen LogP contribution in [-0.2, 0) is 6.18 Å². The van der Waals surface area contributed by atoms with Crippen molar-refractivity contribution in [1.29, 1.82) is 0 Å². The van der Waals surface area contributed by atoms with Gasteiger partial charge in [-0.15, -0.1) is 0 Å². The highest BCUT2D eigenvalue weighted by Gasteiger charge is 2.35. The lowest BCUT2D eigenvalue weighted by molar-refractivity contribution is -0.140. The van der Waals surface area contributed by atoms with Gasteiger partial charge >= 0.3 is 6.18 Å². The number of anilines is 1. The summed E-state index contributed by atoms with van der Waals surface area (Å²) >= 11 is 0. The molecule has 4 nitrogen and oxygen atoms in total. The minimum atomic E-state index is -4.50. The molecule has 7 heteroatoms. The normalized spacial score (nSPS) is 15.4. The largest absolute Gasteiger partial charge is 0.434 e. The lowest BCUT2D eigenvalue weighted by Gasteiger charge is -2.28. The number of aryl methyl sites for hydroxylation is 1. The molecule has 0 atom stereocenters. The molecule has 1 saturated heterocycles. The number of halogens is 3. The number of fused-ring (bicyclic) bond motifs is 3. The number of piperidine rings is 1. The van der Waals surface area contributed by atoms with Crippen molar-refractivity contribution in [3.63, 3.8) is 0 Å². The smallest absolute Gasteiger partial charge is 0.342 e. The Hall–Kier alpha value is -2.57. The van der Waals surface area contributed by atoms with E-state index in [9.17, 15) is 13.2 Å². The van der Waals surface area contributed by atoms with Gasteiger partial charge in [-0.1, -0.05) is 19.9 Å². The first-order valence-corrected chi connectivity index (χ1v) is 10.1. The van der Waals surface area contributed by atoms with Gasteiger partial charge in [-0.3, -0.25) is 4.40 Å². The summed E-state index contributed by atoms with van der Waals surface area (Å²) in [5.74, 6) is 0.532. The van der Waals surface area contributed by atoms with E-state index in [-0.39, 0.29) is 0 Å². The van der Waals surface area contributed by atoms with Crippen molar-refractivity contribution in [1.82, 2.24) is 14.4 Å². The van der Waals surface area contributed by atoms with Crippen LogP contribution in [0.3, 0.4) is 0 Å². The quantitative estimate of drug-likeness (QED) is 0.536. The van der Waals surface area contributed by atoms with Crippen LogP contribution in [0.15, 0.2) is 24.9 Å². The Labute approximate surface area is 168 Å². The first kappa shape index (κ1) is 19.7. The molecule has 3 heterocycles. The highest BCUT2D eigenvalue weighted by Crippen LogP contribution is 2.35. The molecule has 0 spiro atoms. The number of benzene rings is 1. The second kappa shape index (κ2) is 7.35. The zero-order valence-electron chi connectivity index (χ0n) is 16.8. The maximum atomic E-state index is 13.5. The number of hydrogen-bond donors (Lipinski definition) is 0. The topological polar surface area (TPSA) is 33.4 Å². The van der Waals surface area contributed by atoms with Crippen LogP contribution in [0, 0.1) is 6.92 Å². The lowest BCUT2D eigenvalue weighted by Crippen LogP contribution is -2.31. The van der Waals surface area contributed by atoms with E-state index in [4.69, 9.17) is 4.98 Å². The second-order valence-electron chi connectivity index (χ2n) is 7.84. The summed E-state index contributed by atoms with van der Waals surface area (Å²) < 4.78 is 41.9. The zero-order chi connectivity index (χ0) is 20.8. The van der Waals surface area contributed by atoms with Crippen molar-refractivity contribution < 1.29 is 13.2 Å². The maximum Gasteiger partial charge on any atom is 0.434 e. The molecule has 0 saturated carbocycles. The van der Waals surface area contributed by atoms with Crippen molar-refractivity contribution in [2.24, 2.45) is 0 Å². The van der Waals surface area contributed by atoms with Gasteiger partial charge in [-0.25, -0.2) is 9.97 Å². The Bertz CT molecular complexity index is 1080. The molecule has 2 aromatic heterocycles. The minimum absolute atomic E-state index is 0.303. The first-order chi connectivity index (χ1) is 13.8. The second-order valence-corrected chi connectivity index (χ2v) is 7.84. The predicted molar refractivity (Wildman–Crippen MR) is 110 cm³/mol. The Kier molecular flexibility index (Phi) is 5.00. The molecule has 0 unspecified atom stereocenters. The van der Waals surface area contributed by atoms with Crippen LogP contribution in [0.25, 0.3) is 22.1 Å².